The molecule has 1 aromatic heterocycles. The monoisotopic (exact) mass is 431 g/mol. The van der Waals surface area contributed by atoms with Gasteiger partial charge in [0, 0.05) is 11.3 Å². The van der Waals surface area contributed by atoms with E-state index in [2.05, 4.69) is 0 Å². The Morgan fingerprint density at radius 3 is 2.38 bits per heavy atom. The standard InChI is InChI=1S/C26H25NO5/c1-14-7-6-8-20(17(14)4)27-23(21-12-9-16(3)32-21)22(25(29)26(27)30)24(28)19-11-10-18(31-5)13-15(19)2/h6-13,23,28H,1-5H3/b24-22-. The summed E-state index contributed by atoms with van der Waals surface area (Å²) in [5, 5.41) is 11.3. The van der Waals surface area contributed by atoms with Crippen LogP contribution in [0.3, 0.4) is 0 Å². The van der Waals surface area contributed by atoms with Crippen molar-refractivity contribution < 1.29 is 23.8 Å². The molecule has 1 unspecified atom stereocenters. The number of benzene rings is 2. The highest BCUT2D eigenvalue weighted by Crippen LogP contribution is 2.44. The summed E-state index contributed by atoms with van der Waals surface area (Å²) in [6.07, 6.45) is 0. The SMILES string of the molecule is COc1ccc(/C(O)=C2/C(=O)C(=O)N(c3cccc(C)c3C)C2c2ccc(C)o2)c(C)c1. The van der Waals surface area contributed by atoms with Gasteiger partial charge in [-0.1, -0.05) is 12.1 Å². The summed E-state index contributed by atoms with van der Waals surface area (Å²) in [5.74, 6) is -0.00546. The zero-order chi connectivity index (χ0) is 23.2. The first-order valence-corrected chi connectivity index (χ1v) is 10.3. The fourth-order valence-electron chi connectivity index (χ4n) is 4.12. The highest BCUT2D eigenvalue weighted by molar-refractivity contribution is 6.51. The zero-order valence-electron chi connectivity index (χ0n) is 18.7. The molecule has 0 bridgehead atoms. The van der Waals surface area contributed by atoms with Gasteiger partial charge >= 0.3 is 0 Å². The molecule has 1 saturated heterocycles. The lowest BCUT2D eigenvalue weighted by Crippen LogP contribution is -2.30. The Labute approximate surface area is 186 Å². The number of hydrogen-bond donors (Lipinski definition) is 1. The Morgan fingerprint density at radius 2 is 1.75 bits per heavy atom. The van der Waals surface area contributed by atoms with Crippen LogP contribution in [0.15, 0.2) is 58.5 Å². The maximum atomic E-state index is 13.3. The molecule has 3 aromatic rings. The molecule has 6 heteroatoms. The Hall–Kier alpha value is -3.80. The molecule has 0 radical (unpaired) electrons. The Kier molecular flexibility index (Phi) is 5.38. The number of rotatable bonds is 4. The smallest absolute Gasteiger partial charge is 0.300 e. The van der Waals surface area contributed by atoms with Crippen molar-refractivity contribution in [3.05, 3.63) is 87.9 Å². The molecule has 0 saturated carbocycles. The van der Waals surface area contributed by atoms with E-state index in [1.54, 1.807) is 50.4 Å². The van der Waals surface area contributed by atoms with E-state index >= 15 is 0 Å². The second kappa shape index (κ2) is 8.04. The number of aryl methyl sites for hydroxylation is 3. The van der Waals surface area contributed by atoms with Crippen LogP contribution in [0.4, 0.5) is 5.69 Å². The van der Waals surface area contributed by atoms with E-state index in [0.29, 0.717) is 34.1 Å². The molecule has 1 aliphatic rings. The predicted molar refractivity (Wildman–Crippen MR) is 122 cm³/mol. The number of ketones is 1. The van der Waals surface area contributed by atoms with Crippen LogP contribution in [-0.4, -0.2) is 23.9 Å². The van der Waals surface area contributed by atoms with Crippen LogP contribution in [0.5, 0.6) is 5.75 Å². The molecule has 32 heavy (non-hydrogen) atoms. The molecule has 1 fully saturated rings. The van der Waals surface area contributed by atoms with Crippen molar-refractivity contribution in [1.82, 2.24) is 0 Å². The van der Waals surface area contributed by atoms with Crippen molar-refractivity contribution in [2.75, 3.05) is 12.0 Å². The van der Waals surface area contributed by atoms with Crippen molar-refractivity contribution in [1.29, 1.82) is 0 Å². The van der Waals surface area contributed by atoms with Gasteiger partial charge in [-0.05, 0) is 80.8 Å². The van der Waals surface area contributed by atoms with Crippen molar-refractivity contribution in [3.63, 3.8) is 0 Å². The van der Waals surface area contributed by atoms with Gasteiger partial charge in [-0.3, -0.25) is 14.5 Å². The summed E-state index contributed by atoms with van der Waals surface area (Å²) in [5.41, 5.74) is 3.65. The van der Waals surface area contributed by atoms with E-state index in [4.69, 9.17) is 9.15 Å². The van der Waals surface area contributed by atoms with Gasteiger partial charge in [0.1, 0.15) is 29.1 Å². The molecule has 1 N–H and O–H groups in total. The van der Waals surface area contributed by atoms with Gasteiger partial charge in [-0.15, -0.1) is 0 Å². The number of ether oxygens (including phenoxy) is 1. The lowest BCUT2D eigenvalue weighted by Gasteiger charge is -2.25. The summed E-state index contributed by atoms with van der Waals surface area (Å²) < 4.78 is 11.1. The third-order valence-electron chi connectivity index (χ3n) is 6.00. The fourth-order valence-corrected chi connectivity index (χ4v) is 4.12. The average Bonchev–Trinajstić information content (AvgIpc) is 3.30. The fraction of sp³-hybridized carbons (Fsp3) is 0.231. The minimum absolute atomic E-state index is 0.00137. The maximum absolute atomic E-state index is 13.3. The lowest BCUT2D eigenvalue weighted by molar-refractivity contribution is -0.132. The number of carbonyl (C=O) groups excluding carboxylic acids is 2. The van der Waals surface area contributed by atoms with Crippen LogP contribution in [0.2, 0.25) is 0 Å². The van der Waals surface area contributed by atoms with E-state index < -0.39 is 17.7 Å². The summed E-state index contributed by atoms with van der Waals surface area (Å²) in [4.78, 5) is 27.9. The number of furan rings is 1. The minimum Gasteiger partial charge on any atom is -0.507 e. The molecule has 6 nitrogen and oxygen atoms in total. The summed E-state index contributed by atoms with van der Waals surface area (Å²) in [6.45, 7) is 7.45. The van der Waals surface area contributed by atoms with Gasteiger partial charge in [0.05, 0.1) is 12.7 Å². The lowest BCUT2D eigenvalue weighted by atomic mass is 9.96. The van der Waals surface area contributed by atoms with Crippen molar-refractivity contribution in [2.24, 2.45) is 0 Å². The third-order valence-corrected chi connectivity index (χ3v) is 6.00. The molecule has 164 valence electrons. The minimum atomic E-state index is -0.884. The molecule has 1 amide bonds. The molecular weight excluding hydrogens is 406 g/mol. The maximum Gasteiger partial charge on any atom is 0.300 e. The van der Waals surface area contributed by atoms with E-state index in [1.165, 1.54) is 4.90 Å². The van der Waals surface area contributed by atoms with Crippen molar-refractivity contribution in [2.45, 2.75) is 33.7 Å². The third kappa shape index (κ3) is 3.38. The molecule has 2 heterocycles. The van der Waals surface area contributed by atoms with Crippen molar-refractivity contribution >= 4 is 23.1 Å². The van der Waals surface area contributed by atoms with Crippen LogP contribution in [0.25, 0.3) is 5.76 Å². The molecule has 4 rings (SSSR count). The van der Waals surface area contributed by atoms with Crippen molar-refractivity contribution in [3.8, 4) is 5.75 Å². The van der Waals surface area contributed by atoms with Gasteiger partial charge in [0.25, 0.3) is 11.7 Å². The molecule has 2 aromatic carbocycles. The van der Waals surface area contributed by atoms with Crippen LogP contribution < -0.4 is 9.64 Å². The number of hydrogen-bond acceptors (Lipinski definition) is 5. The number of anilines is 1. The first-order chi connectivity index (χ1) is 15.2. The first-order valence-electron chi connectivity index (χ1n) is 10.3. The van der Waals surface area contributed by atoms with Gasteiger partial charge in [-0.25, -0.2) is 0 Å². The van der Waals surface area contributed by atoms with E-state index in [1.807, 2.05) is 32.9 Å². The van der Waals surface area contributed by atoms with Gasteiger partial charge in [-0.2, -0.15) is 0 Å². The van der Waals surface area contributed by atoms with E-state index in [-0.39, 0.29) is 11.3 Å². The van der Waals surface area contributed by atoms with Gasteiger partial charge in [0.15, 0.2) is 0 Å². The van der Waals surface area contributed by atoms with Crippen LogP contribution in [0.1, 0.15) is 39.8 Å². The quantitative estimate of drug-likeness (QED) is 0.351. The second-order valence-corrected chi connectivity index (χ2v) is 8.02. The largest absolute Gasteiger partial charge is 0.507 e. The average molecular weight is 431 g/mol. The first kappa shape index (κ1) is 21.4. The number of amides is 1. The zero-order valence-corrected chi connectivity index (χ0v) is 18.7. The molecular formula is C26H25NO5. The molecule has 1 aliphatic heterocycles. The van der Waals surface area contributed by atoms with E-state index in [9.17, 15) is 14.7 Å². The molecule has 0 spiro atoms. The summed E-state index contributed by atoms with van der Waals surface area (Å²) >= 11 is 0. The highest BCUT2D eigenvalue weighted by Gasteiger charge is 2.49. The number of aliphatic hydroxyl groups excluding tert-OH is 1. The number of nitrogens with zero attached hydrogens (tertiary/aromatic N) is 1. The van der Waals surface area contributed by atoms with Gasteiger partial charge < -0.3 is 14.3 Å². The number of methoxy groups -OCH3 is 1. The highest BCUT2D eigenvalue weighted by atomic mass is 16.5. The van der Waals surface area contributed by atoms with Crippen LogP contribution in [-0.2, 0) is 9.59 Å². The molecule has 1 atom stereocenters. The topological polar surface area (TPSA) is 80.0 Å². The van der Waals surface area contributed by atoms with Crippen LogP contribution >= 0.6 is 0 Å². The number of Topliss-reactive ketones (excluding diaryl/α,β-unsaturated/α-hetero) is 1. The van der Waals surface area contributed by atoms with Gasteiger partial charge in [0.2, 0.25) is 0 Å². The number of aliphatic hydroxyl groups is 1. The Bertz CT molecular complexity index is 1270. The molecule has 0 aliphatic carbocycles. The Balaban J connectivity index is 1.97. The second-order valence-electron chi connectivity index (χ2n) is 8.02. The predicted octanol–water partition coefficient (Wildman–Crippen LogP) is 5.15. The summed E-state index contributed by atoms with van der Waals surface area (Å²) in [6, 6.07) is 13.4. The normalized spacial score (nSPS) is 17.8. The summed E-state index contributed by atoms with van der Waals surface area (Å²) in [7, 11) is 1.56. The Morgan fingerprint density at radius 1 is 1.00 bits per heavy atom. The number of carbonyl (C=O) groups is 2. The van der Waals surface area contributed by atoms with E-state index in [0.717, 1.165) is 11.1 Å². The van der Waals surface area contributed by atoms with Crippen LogP contribution in [0, 0.1) is 27.7 Å².